The van der Waals surface area contributed by atoms with Gasteiger partial charge in [-0.05, 0) is 30.0 Å². The Kier molecular flexibility index (Phi) is 5.59. The molecule has 1 unspecified atom stereocenters. The fraction of sp³-hybridized carbons (Fsp3) is 0.333. The number of carbonyl (C=O) groups is 1. The SMILES string of the molecule is CCCC(NC(=O)c1cc(Cl)nc(NC)c1)c1cccs1. The van der Waals surface area contributed by atoms with Crippen LogP contribution in [-0.2, 0) is 0 Å². The van der Waals surface area contributed by atoms with Crippen LogP contribution in [0.4, 0.5) is 5.82 Å². The Hall–Kier alpha value is -1.59. The first-order valence-corrected chi connectivity index (χ1v) is 8.09. The highest BCUT2D eigenvalue weighted by atomic mass is 35.5. The van der Waals surface area contributed by atoms with Gasteiger partial charge in [0.1, 0.15) is 11.0 Å². The average molecular weight is 324 g/mol. The predicted molar refractivity (Wildman–Crippen MR) is 88.2 cm³/mol. The maximum atomic E-state index is 12.4. The molecule has 2 heterocycles. The molecule has 2 aromatic heterocycles. The van der Waals surface area contributed by atoms with E-state index in [1.54, 1.807) is 30.5 Å². The van der Waals surface area contributed by atoms with Gasteiger partial charge in [0.05, 0.1) is 6.04 Å². The number of pyridine rings is 1. The molecule has 6 heteroatoms. The molecule has 112 valence electrons. The second-order valence-electron chi connectivity index (χ2n) is 4.64. The van der Waals surface area contributed by atoms with E-state index >= 15 is 0 Å². The van der Waals surface area contributed by atoms with Crippen molar-refractivity contribution in [2.45, 2.75) is 25.8 Å². The zero-order valence-corrected chi connectivity index (χ0v) is 13.6. The maximum absolute atomic E-state index is 12.4. The molecule has 0 spiro atoms. The van der Waals surface area contributed by atoms with Crippen LogP contribution in [0.3, 0.4) is 0 Å². The summed E-state index contributed by atoms with van der Waals surface area (Å²) in [5, 5.41) is 8.29. The third-order valence-electron chi connectivity index (χ3n) is 3.08. The number of hydrogen-bond acceptors (Lipinski definition) is 4. The van der Waals surface area contributed by atoms with Crippen molar-refractivity contribution in [2.75, 3.05) is 12.4 Å². The lowest BCUT2D eigenvalue weighted by Gasteiger charge is -2.17. The van der Waals surface area contributed by atoms with Crippen molar-refractivity contribution in [1.82, 2.24) is 10.3 Å². The van der Waals surface area contributed by atoms with Gasteiger partial charge in [-0.3, -0.25) is 4.79 Å². The van der Waals surface area contributed by atoms with Gasteiger partial charge in [-0.1, -0.05) is 31.0 Å². The van der Waals surface area contributed by atoms with Crippen LogP contribution in [0.25, 0.3) is 0 Å². The van der Waals surface area contributed by atoms with Crippen LogP contribution in [0.2, 0.25) is 5.15 Å². The van der Waals surface area contributed by atoms with E-state index in [0.29, 0.717) is 16.5 Å². The molecule has 0 aliphatic rings. The number of nitrogens with zero attached hydrogens (tertiary/aromatic N) is 1. The average Bonchev–Trinajstić information content (AvgIpc) is 3.00. The summed E-state index contributed by atoms with van der Waals surface area (Å²) in [6, 6.07) is 7.35. The molecular formula is C15H18ClN3OS. The molecule has 0 aliphatic heterocycles. The van der Waals surface area contributed by atoms with Crippen LogP contribution in [0.15, 0.2) is 29.6 Å². The van der Waals surface area contributed by atoms with Gasteiger partial charge in [0.25, 0.3) is 5.91 Å². The summed E-state index contributed by atoms with van der Waals surface area (Å²) in [5.74, 6) is 0.443. The molecule has 0 aromatic carbocycles. The fourth-order valence-electron chi connectivity index (χ4n) is 2.06. The summed E-state index contributed by atoms with van der Waals surface area (Å²) in [4.78, 5) is 17.7. The van der Waals surface area contributed by atoms with E-state index in [1.165, 1.54) is 4.88 Å². The van der Waals surface area contributed by atoms with Gasteiger partial charge in [-0.2, -0.15) is 0 Å². The van der Waals surface area contributed by atoms with Gasteiger partial charge in [0.15, 0.2) is 0 Å². The summed E-state index contributed by atoms with van der Waals surface area (Å²) < 4.78 is 0. The number of hydrogen-bond donors (Lipinski definition) is 2. The van der Waals surface area contributed by atoms with Crippen molar-refractivity contribution in [1.29, 1.82) is 0 Å². The molecular weight excluding hydrogens is 306 g/mol. The maximum Gasteiger partial charge on any atom is 0.252 e. The zero-order valence-electron chi connectivity index (χ0n) is 12.0. The minimum Gasteiger partial charge on any atom is -0.373 e. The number of carbonyl (C=O) groups excluding carboxylic acids is 1. The summed E-state index contributed by atoms with van der Waals surface area (Å²) in [6.45, 7) is 2.11. The van der Waals surface area contributed by atoms with Crippen LogP contribution in [0.5, 0.6) is 0 Å². The van der Waals surface area contributed by atoms with E-state index in [9.17, 15) is 4.79 Å². The van der Waals surface area contributed by atoms with Crippen LogP contribution in [0, 0.1) is 0 Å². The topological polar surface area (TPSA) is 54.0 Å². The van der Waals surface area contributed by atoms with E-state index in [1.807, 2.05) is 17.5 Å². The van der Waals surface area contributed by atoms with Crippen molar-refractivity contribution >= 4 is 34.7 Å². The molecule has 4 nitrogen and oxygen atoms in total. The van der Waals surface area contributed by atoms with Gasteiger partial charge < -0.3 is 10.6 Å². The van der Waals surface area contributed by atoms with E-state index in [2.05, 4.69) is 22.5 Å². The van der Waals surface area contributed by atoms with Gasteiger partial charge in [0.2, 0.25) is 0 Å². The van der Waals surface area contributed by atoms with E-state index in [0.717, 1.165) is 12.8 Å². The molecule has 1 atom stereocenters. The van der Waals surface area contributed by atoms with Gasteiger partial charge in [0, 0.05) is 17.5 Å². The first-order valence-electron chi connectivity index (χ1n) is 6.83. The molecule has 0 radical (unpaired) electrons. The van der Waals surface area contributed by atoms with Crippen LogP contribution in [-0.4, -0.2) is 17.9 Å². The predicted octanol–water partition coefficient (Wildman–Crippen LogP) is 4.11. The number of anilines is 1. The third-order valence-corrected chi connectivity index (χ3v) is 4.26. The number of rotatable bonds is 6. The number of halogens is 1. The van der Waals surface area contributed by atoms with Gasteiger partial charge in [-0.15, -0.1) is 11.3 Å². The third kappa shape index (κ3) is 4.19. The first kappa shape index (κ1) is 15.8. The Balaban J connectivity index is 2.17. The number of aromatic nitrogens is 1. The number of thiophene rings is 1. The lowest BCUT2D eigenvalue weighted by atomic mass is 10.1. The zero-order chi connectivity index (χ0) is 15.2. The molecule has 0 saturated carbocycles. The Bertz CT molecular complexity index is 601. The largest absolute Gasteiger partial charge is 0.373 e. The molecule has 21 heavy (non-hydrogen) atoms. The molecule has 2 rings (SSSR count). The fourth-order valence-corrected chi connectivity index (χ4v) is 3.08. The van der Waals surface area contributed by atoms with Gasteiger partial charge >= 0.3 is 0 Å². The highest BCUT2D eigenvalue weighted by Crippen LogP contribution is 2.24. The number of amides is 1. The van der Waals surface area contributed by atoms with E-state index in [4.69, 9.17) is 11.6 Å². The second-order valence-corrected chi connectivity index (χ2v) is 6.01. The first-order chi connectivity index (χ1) is 10.1. The van der Waals surface area contributed by atoms with Gasteiger partial charge in [-0.25, -0.2) is 4.98 Å². The summed E-state index contributed by atoms with van der Waals surface area (Å²) >= 11 is 7.59. The van der Waals surface area contributed by atoms with Crippen molar-refractivity contribution in [3.8, 4) is 0 Å². The van der Waals surface area contributed by atoms with Crippen molar-refractivity contribution in [3.05, 3.63) is 45.2 Å². The van der Waals surface area contributed by atoms with Crippen LogP contribution >= 0.6 is 22.9 Å². The van der Waals surface area contributed by atoms with Crippen molar-refractivity contribution in [3.63, 3.8) is 0 Å². The van der Waals surface area contributed by atoms with Crippen LogP contribution < -0.4 is 10.6 Å². The highest BCUT2D eigenvalue weighted by Gasteiger charge is 2.17. The Morgan fingerprint density at radius 2 is 2.29 bits per heavy atom. The minimum absolute atomic E-state index is 0.0347. The molecule has 0 bridgehead atoms. The smallest absolute Gasteiger partial charge is 0.252 e. The van der Waals surface area contributed by atoms with Crippen molar-refractivity contribution < 1.29 is 4.79 Å². The lowest BCUT2D eigenvalue weighted by molar-refractivity contribution is 0.0935. The molecule has 1 amide bonds. The molecule has 2 N–H and O–H groups in total. The molecule has 0 aliphatic carbocycles. The molecule has 0 saturated heterocycles. The Morgan fingerprint density at radius 1 is 1.48 bits per heavy atom. The Labute approximate surface area is 133 Å². The van der Waals surface area contributed by atoms with Crippen LogP contribution in [0.1, 0.15) is 41.0 Å². The normalized spacial score (nSPS) is 12.0. The van der Waals surface area contributed by atoms with E-state index < -0.39 is 0 Å². The summed E-state index contributed by atoms with van der Waals surface area (Å²) in [5.41, 5.74) is 0.511. The monoisotopic (exact) mass is 323 g/mol. The number of nitrogens with one attached hydrogen (secondary N) is 2. The lowest BCUT2D eigenvalue weighted by Crippen LogP contribution is -2.28. The quantitative estimate of drug-likeness (QED) is 0.787. The van der Waals surface area contributed by atoms with Crippen molar-refractivity contribution in [2.24, 2.45) is 0 Å². The molecule has 2 aromatic rings. The second kappa shape index (κ2) is 7.43. The minimum atomic E-state index is -0.136. The Morgan fingerprint density at radius 3 is 2.90 bits per heavy atom. The summed E-state index contributed by atoms with van der Waals surface area (Å²) in [7, 11) is 1.74. The highest BCUT2D eigenvalue weighted by molar-refractivity contribution is 7.10. The summed E-state index contributed by atoms with van der Waals surface area (Å²) in [6.07, 6.45) is 1.91. The molecule has 0 fully saturated rings. The standard InChI is InChI=1S/C15H18ClN3OS/c1-3-5-11(12-6-4-7-21-12)18-15(20)10-8-13(16)19-14(9-10)17-2/h4,6-9,11H,3,5H2,1-2H3,(H,17,19)(H,18,20). The van der Waals surface area contributed by atoms with E-state index in [-0.39, 0.29) is 11.9 Å².